The minimum atomic E-state index is -1.00. The van der Waals surface area contributed by atoms with E-state index in [1.807, 2.05) is 30.3 Å². The van der Waals surface area contributed by atoms with Gasteiger partial charge in [-0.15, -0.1) is 0 Å². The second-order valence-corrected chi connectivity index (χ2v) is 10.3. The van der Waals surface area contributed by atoms with Gasteiger partial charge < -0.3 is 16.0 Å². The topological polar surface area (TPSA) is 71.2 Å². The summed E-state index contributed by atoms with van der Waals surface area (Å²) in [6.45, 7) is 1.95. The van der Waals surface area contributed by atoms with Crippen LogP contribution < -0.4 is 11.1 Å². The molecule has 1 aliphatic rings. The Kier molecular flexibility index (Phi) is 7.70. The first-order valence-electron chi connectivity index (χ1n) is 13.2. The SMILES string of the molecule is CN(C)CCCCNc1ccc2c(n1)-c1ccccc1C(c1ccc(-c3cc(F)cc(C(N)=O)c3F)cc1)C2. The lowest BCUT2D eigenvalue weighted by molar-refractivity contribution is 0.0996. The summed E-state index contributed by atoms with van der Waals surface area (Å²) in [5, 5.41) is 3.47. The molecule has 3 aromatic carbocycles. The molecule has 0 radical (unpaired) electrons. The number of pyridine rings is 1. The molecule has 0 aliphatic heterocycles. The Hall–Kier alpha value is -4.10. The van der Waals surface area contributed by atoms with E-state index < -0.39 is 23.1 Å². The molecule has 0 fully saturated rings. The van der Waals surface area contributed by atoms with Gasteiger partial charge in [0.05, 0.1) is 11.3 Å². The van der Waals surface area contributed by atoms with Gasteiger partial charge in [-0.3, -0.25) is 4.79 Å². The molecule has 0 saturated heterocycles. The van der Waals surface area contributed by atoms with Gasteiger partial charge in [-0.05, 0) is 80.4 Å². The first-order valence-corrected chi connectivity index (χ1v) is 13.2. The maximum absolute atomic E-state index is 14.9. The second kappa shape index (κ2) is 11.3. The smallest absolute Gasteiger partial charge is 0.251 e. The molecule has 5 rings (SSSR count). The molecule has 7 heteroatoms. The third-order valence-electron chi connectivity index (χ3n) is 7.26. The lowest BCUT2D eigenvalue weighted by Crippen LogP contribution is -2.16. The molecule has 1 atom stereocenters. The van der Waals surface area contributed by atoms with E-state index in [0.717, 1.165) is 67.1 Å². The Morgan fingerprint density at radius 3 is 2.51 bits per heavy atom. The van der Waals surface area contributed by atoms with E-state index in [2.05, 4.69) is 42.5 Å². The first-order chi connectivity index (χ1) is 18.8. The van der Waals surface area contributed by atoms with Crippen LogP contribution >= 0.6 is 0 Å². The molecule has 3 N–H and O–H groups in total. The highest BCUT2D eigenvalue weighted by Crippen LogP contribution is 2.42. The van der Waals surface area contributed by atoms with Crippen LogP contribution in [-0.4, -0.2) is 43.0 Å². The number of primary amides is 1. The molecule has 4 aromatic rings. The van der Waals surface area contributed by atoms with Crippen molar-refractivity contribution < 1.29 is 13.6 Å². The van der Waals surface area contributed by atoms with Crippen LogP contribution in [0.1, 0.15) is 45.8 Å². The van der Waals surface area contributed by atoms with Gasteiger partial charge in [0.2, 0.25) is 0 Å². The number of carbonyl (C=O) groups is 1. The lowest BCUT2D eigenvalue weighted by atomic mass is 9.77. The monoisotopic (exact) mass is 526 g/mol. The van der Waals surface area contributed by atoms with Crippen molar-refractivity contribution in [1.82, 2.24) is 9.88 Å². The average Bonchev–Trinajstić information content (AvgIpc) is 2.93. The predicted octanol–water partition coefficient (Wildman–Crippen LogP) is 6.23. The molecule has 0 saturated carbocycles. The van der Waals surface area contributed by atoms with Crippen LogP contribution in [0.5, 0.6) is 0 Å². The molecule has 1 unspecified atom stereocenters. The van der Waals surface area contributed by atoms with Crippen molar-refractivity contribution in [2.24, 2.45) is 5.73 Å². The zero-order chi connectivity index (χ0) is 27.5. The van der Waals surface area contributed by atoms with E-state index in [4.69, 9.17) is 10.7 Å². The summed E-state index contributed by atoms with van der Waals surface area (Å²) in [6, 6.07) is 21.8. The number of benzene rings is 3. The van der Waals surface area contributed by atoms with Crippen molar-refractivity contribution in [3.8, 4) is 22.4 Å². The van der Waals surface area contributed by atoms with E-state index in [-0.39, 0.29) is 11.5 Å². The Bertz CT molecular complexity index is 1500. The fourth-order valence-corrected chi connectivity index (χ4v) is 5.27. The molecule has 0 spiro atoms. The number of fused-ring (bicyclic) bond motifs is 3. The molecule has 39 heavy (non-hydrogen) atoms. The third-order valence-corrected chi connectivity index (χ3v) is 7.26. The van der Waals surface area contributed by atoms with Gasteiger partial charge in [-0.1, -0.05) is 54.6 Å². The summed E-state index contributed by atoms with van der Waals surface area (Å²) < 4.78 is 29.0. The highest BCUT2D eigenvalue weighted by atomic mass is 19.1. The number of carbonyl (C=O) groups excluding carboxylic acids is 1. The number of nitrogens with one attached hydrogen (secondary N) is 1. The van der Waals surface area contributed by atoms with Crippen molar-refractivity contribution in [2.75, 3.05) is 32.5 Å². The fourth-order valence-electron chi connectivity index (χ4n) is 5.27. The van der Waals surface area contributed by atoms with E-state index in [1.54, 1.807) is 12.1 Å². The van der Waals surface area contributed by atoms with Crippen LogP contribution in [0, 0.1) is 11.6 Å². The lowest BCUT2D eigenvalue weighted by Gasteiger charge is -2.28. The van der Waals surface area contributed by atoms with Crippen molar-refractivity contribution in [3.05, 3.63) is 107 Å². The number of hydrogen-bond acceptors (Lipinski definition) is 4. The standard InChI is InChI=1S/C32H32F2N4O/c1-38(2)16-6-5-15-36-29-14-13-22-17-26(24-7-3-4-8-25(24)31(22)37-29)20-9-11-21(12-10-20)27-18-23(33)19-28(30(27)34)32(35)39/h3-4,7-14,18-19,26H,5-6,15-17H2,1-2H3,(H2,35,39)(H,36,37). The van der Waals surface area contributed by atoms with Crippen LogP contribution in [0.15, 0.2) is 72.8 Å². The Morgan fingerprint density at radius 1 is 1.00 bits per heavy atom. The van der Waals surface area contributed by atoms with E-state index >= 15 is 0 Å². The molecule has 200 valence electrons. The fraction of sp³-hybridized carbons (Fsp3) is 0.250. The van der Waals surface area contributed by atoms with Gasteiger partial charge in [0, 0.05) is 23.6 Å². The summed E-state index contributed by atoms with van der Waals surface area (Å²) in [5.74, 6) is -1.56. The molecule has 5 nitrogen and oxygen atoms in total. The largest absolute Gasteiger partial charge is 0.370 e. The molecule has 1 amide bonds. The number of amides is 1. The summed E-state index contributed by atoms with van der Waals surface area (Å²) in [7, 11) is 4.17. The van der Waals surface area contributed by atoms with E-state index in [1.165, 1.54) is 11.1 Å². The maximum Gasteiger partial charge on any atom is 0.251 e. The van der Waals surface area contributed by atoms with Crippen molar-refractivity contribution >= 4 is 11.7 Å². The predicted molar refractivity (Wildman–Crippen MR) is 152 cm³/mol. The second-order valence-electron chi connectivity index (χ2n) is 10.3. The molecule has 1 aliphatic carbocycles. The van der Waals surface area contributed by atoms with Crippen LogP contribution in [0.3, 0.4) is 0 Å². The molecular weight excluding hydrogens is 494 g/mol. The minimum Gasteiger partial charge on any atom is -0.370 e. The van der Waals surface area contributed by atoms with Crippen LogP contribution in [0.2, 0.25) is 0 Å². The molecular formula is C32H32F2N4O. The van der Waals surface area contributed by atoms with Gasteiger partial charge >= 0.3 is 0 Å². The summed E-state index contributed by atoms with van der Waals surface area (Å²) in [4.78, 5) is 18.7. The summed E-state index contributed by atoms with van der Waals surface area (Å²) >= 11 is 0. The van der Waals surface area contributed by atoms with Crippen LogP contribution in [0.4, 0.5) is 14.6 Å². The molecule has 1 aromatic heterocycles. The third kappa shape index (κ3) is 5.68. The summed E-state index contributed by atoms with van der Waals surface area (Å²) in [6.07, 6.45) is 2.99. The normalized spacial score (nSPS) is 14.1. The first kappa shape index (κ1) is 26.5. The Balaban J connectivity index is 1.40. The zero-order valence-electron chi connectivity index (χ0n) is 22.2. The van der Waals surface area contributed by atoms with E-state index in [0.29, 0.717) is 5.56 Å². The van der Waals surface area contributed by atoms with Crippen LogP contribution in [0.25, 0.3) is 22.4 Å². The number of anilines is 1. The van der Waals surface area contributed by atoms with Gasteiger partial charge in [-0.25, -0.2) is 13.8 Å². The number of aromatic nitrogens is 1. The average molecular weight is 527 g/mol. The number of hydrogen-bond donors (Lipinski definition) is 2. The van der Waals surface area contributed by atoms with Gasteiger partial charge in [0.15, 0.2) is 0 Å². The van der Waals surface area contributed by atoms with Gasteiger partial charge in [0.1, 0.15) is 17.5 Å². The Labute approximate surface area is 227 Å². The minimum absolute atomic E-state index is 0.00989. The highest BCUT2D eigenvalue weighted by Gasteiger charge is 2.27. The van der Waals surface area contributed by atoms with Gasteiger partial charge in [-0.2, -0.15) is 0 Å². The number of unbranched alkanes of at least 4 members (excludes halogenated alkanes) is 1. The van der Waals surface area contributed by atoms with Crippen molar-refractivity contribution in [2.45, 2.75) is 25.2 Å². The van der Waals surface area contributed by atoms with Crippen LogP contribution in [-0.2, 0) is 6.42 Å². The summed E-state index contributed by atoms with van der Waals surface area (Å²) in [5.41, 5.74) is 10.8. The van der Waals surface area contributed by atoms with Gasteiger partial charge in [0.25, 0.3) is 5.91 Å². The van der Waals surface area contributed by atoms with E-state index in [9.17, 15) is 13.6 Å². The number of nitrogens with two attached hydrogens (primary N) is 1. The number of rotatable bonds is 9. The zero-order valence-corrected chi connectivity index (χ0v) is 22.2. The highest BCUT2D eigenvalue weighted by molar-refractivity contribution is 5.94. The number of nitrogens with zero attached hydrogens (tertiary/aromatic N) is 2. The number of halogens is 2. The quantitative estimate of drug-likeness (QED) is 0.254. The Morgan fingerprint density at radius 2 is 1.77 bits per heavy atom. The maximum atomic E-state index is 14.9. The molecule has 0 bridgehead atoms. The van der Waals surface area contributed by atoms with Crippen molar-refractivity contribution in [3.63, 3.8) is 0 Å². The molecule has 1 heterocycles. The van der Waals surface area contributed by atoms with Crippen molar-refractivity contribution in [1.29, 1.82) is 0 Å².